The lowest BCUT2D eigenvalue weighted by atomic mass is 9.88. The number of para-hydroxylation sites is 1. The first kappa shape index (κ1) is 13.6. The topological polar surface area (TPSA) is 38.3 Å². The Bertz CT molecular complexity index is 362. The Balaban J connectivity index is 2.89. The maximum Gasteiger partial charge on any atom is 0.331 e. The number of benzene rings is 1. The molecule has 17 heavy (non-hydrogen) atoms. The van der Waals surface area contributed by atoms with Crippen LogP contribution < -0.4 is 5.32 Å². The molecule has 1 N–H and O–H groups in total. The minimum Gasteiger partial charge on any atom is -0.464 e. The zero-order valence-electron chi connectivity index (χ0n) is 11.0. The highest BCUT2D eigenvalue weighted by molar-refractivity contribution is 5.84. The second-order valence-electron chi connectivity index (χ2n) is 4.57. The van der Waals surface area contributed by atoms with Crippen LogP contribution in [0.1, 0.15) is 27.7 Å². The van der Waals surface area contributed by atoms with Gasteiger partial charge in [0.2, 0.25) is 0 Å². The van der Waals surface area contributed by atoms with Gasteiger partial charge in [-0.15, -0.1) is 0 Å². The van der Waals surface area contributed by atoms with E-state index in [1.54, 1.807) is 0 Å². The molecular formula is C14H21NO2. The summed E-state index contributed by atoms with van der Waals surface area (Å²) in [5.41, 5.74) is 0.230. The van der Waals surface area contributed by atoms with Gasteiger partial charge in [0.1, 0.15) is 5.54 Å². The zero-order valence-corrected chi connectivity index (χ0v) is 11.0. The van der Waals surface area contributed by atoms with Gasteiger partial charge in [0.05, 0.1) is 6.61 Å². The van der Waals surface area contributed by atoms with Gasteiger partial charge in [-0.25, -0.2) is 4.79 Å². The molecule has 0 saturated carbocycles. The molecule has 0 aliphatic heterocycles. The van der Waals surface area contributed by atoms with Crippen LogP contribution in [0.2, 0.25) is 0 Å². The number of hydrogen-bond donors (Lipinski definition) is 1. The molecule has 1 aromatic carbocycles. The van der Waals surface area contributed by atoms with Crippen LogP contribution in [0.5, 0.6) is 0 Å². The van der Waals surface area contributed by atoms with Gasteiger partial charge in [-0.2, -0.15) is 0 Å². The summed E-state index contributed by atoms with van der Waals surface area (Å²) in [6.07, 6.45) is 0. The number of carbonyl (C=O) groups is 1. The quantitative estimate of drug-likeness (QED) is 0.797. The Morgan fingerprint density at radius 3 is 2.41 bits per heavy atom. The summed E-state index contributed by atoms with van der Waals surface area (Å²) < 4.78 is 5.14. The first-order chi connectivity index (χ1) is 8.00. The molecule has 1 rings (SSSR count). The van der Waals surface area contributed by atoms with Gasteiger partial charge in [0.15, 0.2) is 0 Å². The molecule has 0 aliphatic rings. The molecule has 0 saturated heterocycles. The molecule has 0 radical (unpaired) electrons. The number of rotatable bonds is 5. The Kier molecular flexibility index (Phi) is 4.55. The van der Waals surface area contributed by atoms with Crippen molar-refractivity contribution in [2.24, 2.45) is 5.92 Å². The van der Waals surface area contributed by atoms with Crippen molar-refractivity contribution < 1.29 is 9.53 Å². The third-order valence-electron chi connectivity index (χ3n) is 3.03. The molecule has 0 fully saturated rings. The second kappa shape index (κ2) is 5.71. The first-order valence-electron chi connectivity index (χ1n) is 6.01. The lowest BCUT2D eigenvalue weighted by Crippen LogP contribution is -2.49. The maximum atomic E-state index is 12.0. The Hall–Kier alpha value is -1.51. The van der Waals surface area contributed by atoms with E-state index < -0.39 is 5.54 Å². The van der Waals surface area contributed by atoms with Crippen molar-refractivity contribution in [1.82, 2.24) is 0 Å². The van der Waals surface area contributed by atoms with Crippen LogP contribution in [-0.2, 0) is 9.53 Å². The van der Waals surface area contributed by atoms with Gasteiger partial charge in [0.25, 0.3) is 0 Å². The van der Waals surface area contributed by atoms with E-state index in [2.05, 4.69) is 5.32 Å². The summed E-state index contributed by atoms with van der Waals surface area (Å²) in [5.74, 6) is -0.0689. The van der Waals surface area contributed by atoms with E-state index in [1.807, 2.05) is 58.0 Å². The van der Waals surface area contributed by atoms with Crippen LogP contribution in [0.25, 0.3) is 0 Å². The lowest BCUT2D eigenvalue weighted by molar-refractivity contribution is -0.149. The van der Waals surface area contributed by atoms with Gasteiger partial charge in [-0.05, 0) is 31.9 Å². The van der Waals surface area contributed by atoms with Crippen molar-refractivity contribution in [1.29, 1.82) is 0 Å². The van der Waals surface area contributed by atoms with Crippen molar-refractivity contribution in [3.8, 4) is 0 Å². The number of hydrogen-bond acceptors (Lipinski definition) is 3. The summed E-state index contributed by atoms with van der Waals surface area (Å²) >= 11 is 0. The predicted molar refractivity (Wildman–Crippen MR) is 69.9 cm³/mol. The van der Waals surface area contributed by atoms with E-state index in [-0.39, 0.29) is 11.9 Å². The van der Waals surface area contributed by atoms with Crippen LogP contribution in [-0.4, -0.2) is 18.1 Å². The highest BCUT2D eigenvalue weighted by atomic mass is 16.5. The molecule has 1 atom stereocenters. The van der Waals surface area contributed by atoms with Crippen LogP contribution in [0.3, 0.4) is 0 Å². The standard InChI is InChI=1S/C14H21NO2/c1-5-17-13(16)14(4,11(2)3)15-12-9-7-6-8-10-12/h6-11,15H,5H2,1-4H3. The van der Waals surface area contributed by atoms with E-state index in [9.17, 15) is 4.79 Å². The number of anilines is 1. The minimum atomic E-state index is -0.697. The van der Waals surface area contributed by atoms with Crippen LogP contribution in [0, 0.1) is 5.92 Å². The summed E-state index contributed by atoms with van der Waals surface area (Å²) in [5, 5.41) is 3.26. The third-order valence-corrected chi connectivity index (χ3v) is 3.03. The fourth-order valence-electron chi connectivity index (χ4n) is 1.53. The summed E-state index contributed by atoms with van der Waals surface area (Å²) in [6.45, 7) is 8.11. The zero-order chi connectivity index (χ0) is 12.9. The maximum absolute atomic E-state index is 12.0. The Labute approximate surface area is 103 Å². The second-order valence-corrected chi connectivity index (χ2v) is 4.57. The Morgan fingerprint density at radius 1 is 1.35 bits per heavy atom. The van der Waals surface area contributed by atoms with Gasteiger partial charge in [-0.1, -0.05) is 32.0 Å². The molecule has 1 aromatic rings. The van der Waals surface area contributed by atoms with Gasteiger partial charge in [0, 0.05) is 5.69 Å². The minimum absolute atomic E-state index is 0.141. The molecule has 0 amide bonds. The van der Waals surface area contributed by atoms with Gasteiger partial charge >= 0.3 is 5.97 Å². The van der Waals surface area contributed by atoms with E-state index in [1.165, 1.54) is 0 Å². The summed E-state index contributed by atoms with van der Waals surface area (Å²) in [6, 6.07) is 9.71. The highest BCUT2D eigenvalue weighted by Crippen LogP contribution is 2.24. The van der Waals surface area contributed by atoms with E-state index in [4.69, 9.17) is 4.74 Å². The summed E-state index contributed by atoms with van der Waals surface area (Å²) in [7, 11) is 0. The van der Waals surface area contributed by atoms with Crippen LogP contribution >= 0.6 is 0 Å². The Morgan fingerprint density at radius 2 is 1.94 bits per heavy atom. The fourth-order valence-corrected chi connectivity index (χ4v) is 1.53. The smallest absolute Gasteiger partial charge is 0.331 e. The van der Waals surface area contributed by atoms with Crippen LogP contribution in [0.4, 0.5) is 5.69 Å². The molecule has 0 spiro atoms. The molecule has 3 nitrogen and oxygen atoms in total. The van der Waals surface area contributed by atoms with E-state index in [0.717, 1.165) is 5.69 Å². The summed E-state index contributed by atoms with van der Waals surface area (Å²) in [4.78, 5) is 12.0. The highest BCUT2D eigenvalue weighted by Gasteiger charge is 2.37. The monoisotopic (exact) mass is 235 g/mol. The molecule has 0 aromatic heterocycles. The fraction of sp³-hybridized carbons (Fsp3) is 0.500. The number of ether oxygens (including phenoxy) is 1. The normalized spacial score (nSPS) is 14.2. The van der Waals surface area contributed by atoms with Crippen molar-refractivity contribution in [2.45, 2.75) is 33.2 Å². The van der Waals surface area contributed by atoms with E-state index in [0.29, 0.717) is 6.61 Å². The van der Waals surface area contributed by atoms with Crippen molar-refractivity contribution in [3.63, 3.8) is 0 Å². The average molecular weight is 235 g/mol. The molecule has 0 heterocycles. The number of nitrogens with one attached hydrogen (secondary N) is 1. The molecular weight excluding hydrogens is 214 g/mol. The molecule has 0 aliphatic carbocycles. The van der Waals surface area contributed by atoms with Crippen LogP contribution in [0.15, 0.2) is 30.3 Å². The number of carbonyl (C=O) groups excluding carboxylic acids is 1. The van der Waals surface area contributed by atoms with E-state index >= 15 is 0 Å². The molecule has 94 valence electrons. The number of esters is 1. The first-order valence-corrected chi connectivity index (χ1v) is 6.01. The van der Waals surface area contributed by atoms with Crippen molar-refractivity contribution >= 4 is 11.7 Å². The molecule has 0 bridgehead atoms. The van der Waals surface area contributed by atoms with Gasteiger partial charge in [-0.3, -0.25) is 0 Å². The van der Waals surface area contributed by atoms with Crippen molar-refractivity contribution in [2.75, 3.05) is 11.9 Å². The predicted octanol–water partition coefficient (Wildman–Crippen LogP) is 3.08. The third kappa shape index (κ3) is 3.22. The molecule has 3 heteroatoms. The van der Waals surface area contributed by atoms with Crippen molar-refractivity contribution in [3.05, 3.63) is 30.3 Å². The average Bonchev–Trinajstić information content (AvgIpc) is 2.30. The molecule has 1 unspecified atom stereocenters. The van der Waals surface area contributed by atoms with Gasteiger partial charge < -0.3 is 10.1 Å². The lowest BCUT2D eigenvalue weighted by Gasteiger charge is -2.33. The SMILES string of the molecule is CCOC(=O)C(C)(Nc1ccccc1)C(C)C. The largest absolute Gasteiger partial charge is 0.464 e.